The maximum absolute atomic E-state index is 3.70. The SMILES string of the molecule is CCc1cccc2c(CN3C[C@@H]4CCCN[C@@H]4C3)c[nH]c12. The van der Waals surface area contributed by atoms with E-state index in [4.69, 9.17) is 0 Å². The Bertz CT molecular complexity index is 616. The molecule has 2 atom stereocenters. The summed E-state index contributed by atoms with van der Waals surface area (Å²) in [5.74, 6) is 0.871. The van der Waals surface area contributed by atoms with Crippen molar-refractivity contribution < 1.29 is 0 Å². The van der Waals surface area contributed by atoms with Gasteiger partial charge in [-0.1, -0.05) is 25.1 Å². The Labute approximate surface area is 126 Å². The molecule has 3 heteroatoms. The van der Waals surface area contributed by atoms with E-state index in [-0.39, 0.29) is 0 Å². The fourth-order valence-corrected chi connectivity index (χ4v) is 4.21. The van der Waals surface area contributed by atoms with Crippen LogP contribution in [0.25, 0.3) is 10.9 Å². The first-order valence-corrected chi connectivity index (χ1v) is 8.38. The van der Waals surface area contributed by atoms with Gasteiger partial charge in [-0.2, -0.15) is 0 Å². The van der Waals surface area contributed by atoms with Crippen LogP contribution in [0.3, 0.4) is 0 Å². The van der Waals surface area contributed by atoms with Crippen molar-refractivity contribution in [3.05, 3.63) is 35.5 Å². The summed E-state index contributed by atoms with van der Waals surface area (Å²) in [6.07, 6.45) is 6.07. The molecule has 2 aliphatic rings. The summed E-state index contributed by atoms with van der Waals surface area (Å²) in [6, 6.07) is 7.43. The van der Waals surface area contributed by atoms with Crippen molar-refractivity contribution in [1.29, 1.82) is 0 Å². The Morgan fingerprint density at radius 3 is 3.05 bits per heavy atom. The zero-order valence-corrected chi connectivity index (χ0v) is 12.9. The van der Waals surface area contributed by atoms with E-state index in [1.165, 1.54) is 54.5 Å². The number of hydrogen-bond acceptors (Lipinski definition) is 2. The van der Waals surface area contributed by atoms with Gasteiger partial charge in [0.15, 0.2) is 0 Å². The van der Waals surface area contributed by atoms with Crippen LogP contribution in [0.4, 0.5) is 0 Å². The standard InChI is InChI=1S/C18H25N3/c1-2-13-5-3-7-16-15(9-20-18(13)16)11-21-10-14-6-4-8-19-17(14)12-21/h3,5,7,9,14,17,19-20H,2,4,6,8,10-12H2,1H3/t14-,17+/m0/s1. The van der Waals surface area contributed by atoms with Gasteiger partial charge in [0.05, 0.1) is 0 Å². The van der Waals surface area contributed by atoms with Crippen molar-refractivity contribution in [3.8, 4) is 0 Å². The molecular weight excluding hydrogens is 258 g/mol. The highest BCUT2D eigenvalue weighted by molar-refractivity contribution is 5.86. The molecule has 2 aliphatic heterocycles. The maximum atomic E-state index is 3.70. The van der Waals surface area contributed by atoms with Gasteiger partial charge in [-0.3, -0.25) is 4.90 Å². The van der Waals surface area contributed by atoms with Gasteiger partial charge in [-0.05, 0) is 42.9 Å². The van der Waals surface area contributed by atoms with Crippen molar-refractivity contribution in [3.63, 3.8) is 0 Å². The van der Waals surface area contributed by atoms with Crippen LogP contribution in [0.2, 0.25) is 0 Å². The van der Waals surface area contributed by atoms with E-state index in [2.05, 4.69) is 46.5 Å². The van der Waals surface area contributed by atoms with Crippen molar-refractivity contribution >= 4 is 10.9 Å². The molecule has 1 aromatic heterocycles. The van der Waals surface area contributed by atoms with E-state index >= 15 is 0 Å². The van der Waals surface area contributed by atoms with Crippen LogP contribution in [-0.2, 0) is 13.0 Å². The predicted octanol–water partition coefficient (Wildman–Crippen LogP) is 2.91. The van der Waals surface area contributed by atoms with E-state index in [1.807, 2.05) is 0 Å². The largest absolute Gasteiger partial charge is 0.361 e. The molecule has 2 saturated heterocycles. The number of nitrogens with zero attached hydrogens (tertiary/aromatic N) is 1. The molecule has 0 unspecified atom stereocenters. The number of aromatic amines is 1. The number of aromatic nitrogens is 1. The van der Waals surface area contributed by atoms with E-state index in [0.29, 0.717) is 0 Å². The molecular formula is C18H25N3. The minimum absolute atomic E-state index is 0.732. The minimum atomic E-state index is 0.732. The van der Waals surface area contributed by atoms with Gasteiger partial charge in [-0.15, -0.1) is 0 Å². The smallest absolute Gasteiger partial charge is 0.0489 e. The van der Waals surface area contributed by atoms with Crippen molar-refractivity contribution in [1.82, 2.24) is 15.2 Å². The van der Waals surface area contributed by atoms with Crippen LogP contribution < -0.4 is 5.32 Å². The second-order valence-electron chi connectivity index (χ2n) is 6.66. The molecule has 21 heavy (non-hydrogen) atoms. The lowest BCUT2D eigenvalue weighted by atomic mass is 9.94. The lowest BCUT2D eigenvalue weighted by molar-refractivity contribution is 0.313. The monoisotopic (exact) mass is 283 g/mol. The quantitative estimate of drug-likeness (QED) is 0.907. The molecule has 112 valence electrons. The molecule has 0 bridgehead atoms. The van der Waals surface area contributed by atoms with Gasteiger partial charge in [0.2, 0.25) is 0 Å². The summed E-state index contributed by atoms with van der Waals surface area (Å²) >= 11 is 0. The lowest BCUT2D eigenvalue weighted by Gasteiger charge is -2.24. The number of benzene rings is 1. The highest BCUT2D eigenvalue weighted by atomic mass is 15.2. The number of piperidine rings is 1. The summed E-state index contributed by atoms with van der Waals surface area (Å²) in [6.45, 7) is 7.00. The predicted molar refractivity (Wildman–Crippen MR) is 87.5 cm³/mol. The maximum Gasteiger partial charge on any atom is 0.0489 e. The Hall–Kier alpha value is -1.32. The number of H-pyrrole nitrogens is 1. The molecule has 3 heterocycles. The Balaban J connectivity index is 1.55. The molecule has 2 N–H and O–H groups in total. The van der Waals surface area contributed by atoms with E-state index in [0.717, 1.165) is 24.9 Å². The number of nitrogens with one attached hydrogen (secondary N) is 2. The van der Waals surface area contributed by atoms with Gasteiger partial charge in [0.25, 0.3) is 0 Å². The van der Waals surface area contributed by atoms with E-state index < -0.39 is 0 Å². The van der Waals surface area contributed by atoms with Crippen LogP contribution in [0.15, 0.2) is 24.4 Å². The first-order chi connectivity index (χ1) is 10.3. The average molecular weight is 283 g/mol. The van der Waals surface area contributed by atoms with Gasteiger partial charge in [0, 0.05) is 42.8 Å². The van der Waals surface area contributed by atoms with E-state index in [1.54, 1.807) is 0 Å². The Kier molecular flexibility index (Phi) is 3.48. The first-order valence-electron chi connectivity index (χ1n) is 8.38. The van der Waals surface area contributed by atoms with Crippen LogP contribution in [0, 0.1) is 5.92 Å². The molecule has 0 radical (unpaired) electrons. The number of hydrogen-bond donors (Lipinski definition) is 2. The molecule has 2 fully saturated rings. The second kappa shape index (κ2) is 5.47. The fraction of sp³-hybridized carbons (Fsp3) is 0.556. The van der Waals surface area contributed by atoms with Gasteiger partial charge in [-0.25, -0.2) is 0 Å². The van der Waals surface area contributed by atoms with Gasteiger partial charge in [0.1, 0.15) is 0 Å². The highest BCUT2D eigenvalue weighted by Crippen LogP contribution is 2.28. The number of fused-ring (bicyclic) bond motifs is 2. The third-order valence-electron chi connectivity index (χ3n) is 5.34. The first kappa shape index (κ1) is 13.4. The molecule has 0 aliphatic carbocycles. The summed E-state index contributed by atoms with van der Waals surface area (Å²) in [7, 11) is 0. The molecule has 3 nitrogen and oxygen atoms in total. The minimum Gasteiger partial charge on any atom is -0.361 e. The molecule has 2 aromatic rings. The van der Waals surface area contributed by atoms with Crippen molar-refractivity contribution in [2.75, 3.05) is 19.6 Å². The summed E-state index contributed by atoms with van der Waals surface area (Å²) < 4.78 is 0. The zero-order valence-electron chi connectivity index (χ0n) is 12.9. The van der Waals surface area contributed by atoms with Crippen LogP contribution in [0.5, 0.6) is 0 Å². The number of rotatable bonds is 3. The highest BCUT2D eigenvalue weighted by Gasteiger charge is 2.34. The summed E-state index contributed by atoms with van der Waals surface area (Å²) in [5, 5.41) is 5.11. The van der Waals surface area contributed by atoms with Crippen LogP contribution in [0.1, 0.15) is 30.9 Å². The Morgan fingerprint density at radius 1 is 1.24 bits per heavy atom. The second-order valence-corrected chi connectivity index (χ2v) is 6.66. The normalized spacial score (nSPS) is 26.3. The van der Waals surface area contributed by atoms with Crippen LogP contribution in [-0.4, -0.2) is 35.6 Å². The number of likely N-dealkylation sites (tertiary alicyclic amines) is 1. The third-order valence-corrected chi connectivity index (χ3v) is 5.34. The molecule has 1 aromatic carbocycles. The van der Waals surface area contributed by atoms with Crippen LogP contribution >= 0.6 is 0 Å². The lowest BCUT2D eigenvalue weighted by Crippen LogP contribution is -2.40. The van der Waals surface area contributed by atoms with Crippen molar-refractivity contribution in [2.24, 2.45) is 5.92 Å². The zero-order chi connectivity index (χ0) is 14.2. The van der Waals surface area contributed by atoms with Gasteiger partial charge >= 0.3 is 0 Å². The topological polar surface area (TPSA) is 31.1 Å². The third kappa shape index (κ3) is 2.39. The number of aryl methyl sites for hydroxylation is 1. The molecule has 0 amide bonds. The van der Waals surface area contributed by atoms with Gasteiger partial charge < -0.3 is 10.3 Å². The van der Waals surface area contributed by atoms with E-state index in [9.17, 15) is 0 Å². The van der Waals surface area contributed by atoms with Crippen molar-refractivity contribution in [2.45, 2.75) is 38.8 Å². The summed E-state index contributed by atoms with van der Waals surface area (Å²) in [5.41, 5.74) is 4.22. The number of para-hydroxylation sites is 1. The molecule has 0 saturated carbocycles. The average Bonchev–Trinajstić information content (AvgIpc) is 3.11. The Morgan fingerprint density at radius 2 is 2.19 bits per heavy atom. The fourth-order valence-electron chi connectivity index (χ4n) is 4.21. The molecule has 4 rings (SSSR count). The molecule has 0 spiro atoms. The summed E-state index contributed by atoms with van der Waals surface area (Å²) in [4.78, 5) is 6.14.